The van der Waals surface area contributed by atoms with Crippen LogP contribution in [0.1, 0.15) is 49.4 Å². The van der Waals surface area contributed by atoms with E-state index in [9.17, 15) is 28.8 Å². The van der Waals surface area contributed by atoms with Crippen molar-refractivity contribution in [3.63, 3.8) is 0 Å². The highest BCUT2D eigenvalue weighted by molar-refractivity contribution is 6.29. The van der Waals surface area contributed by atoms with Crippen LogP contribution in [0.4, 0.5) is 22.7 Å². The second-order valence-electron chi connectivity index (χ2n) is 16.2. The SMILES string of the molecule is Cn1c(=O)cc2c3c(c(Nc4ccc(CCOC(=O)CC(=O)COCc5ccc(Nc6ccc7c8c(cc(=O)n7C)-c7ccccc7C(=O)c68)cc5)cc4)ccc31)C(=O)c1ccccc1-2. The number of pyridine rings is 2. The topological polar surface area (TPSA) is 155 Å². The second kappa shape index (κ2) is 16.5. The van der Waals surface area contributed by atoms with Gasteiger partial charge in [0.2, 0.25) is 0 Å². The first-order valence-corrected chi connectivity index (χ1v) is 21.1. The number of nitrogens with one attached hydrogen (secondary N) is 2. The first-order chi connectivity index (χ1) is 31.5. The van der Waals surface area contributed by atoms with Crippen molar-refractivity contribution in [3.05, 3.63) is 188 Å². The van der Waals surface area contributed by atoms with Gasteiger partial charge in [-0.15, -0.1) is 0 Å². The van der Waals surface area contributed by atoms with Gasteiger partial charge in [0.25, 0.3) is 11.1 Å². The Labute approximate surface area is 371 Å². The number of fused-ring (bicyclic) bond motifs is 4. The van der Waals surface area contributed by atoms with Crippen molar-refractivity contribution in [2.45, 2.75) is 19.4 Å². The Kier molecular flexibility index (Phi) is 10.4. The van der Waals surface area contributed by atoms with E-state index in [4.69, 9.17) is 9.47 Å². The maximum atomic E-state index is 13.8. The van der Waals surface area contributed by atoms with Crippen LogP contribution >= 0.6 is 0 Å². The molecule has 0 saturated heterocycles. The number of carbonyl (C=O) groups is 4. The number of Topliss-reactive ketones (excluding diaryl/α,β-unsaturated/α-hetero) is 1. The van der Waals surface area contributed by atoms with E-state index in [0.29, 0.717) is 51.1 Å². The predicted molar refractivity (Wildman–Crippen MR) is 250 cm³/mol. The molecule has 12 nitrogen and oxygen atoms in total. The fraction of sp³-hybridized carbons (Fsp3) is 0.132. The van der Waals surface area contributed by atoms with Crippen LogP contribution in [-0.4, -0.2) is 45.7 Å². The highest BCUT2D eigenvalue weighted by Crippen LogP contribution is 2.43. The van der Waals surface area contributed by atoms with E-state index in [1.54, 1.807) is 47.5 Å². The molecular formula is C53H40N4O8. The lowest BCUT2D eigenvalue weighted by atomic mass is 9.83. The summed E-state index contributed by atoms with van der Waals surface area (Å²) in [6.45, 7) is -0.0173. The minimum absolute atomic E-state index is 0.0906. The first-order valence-electron chi connectivity index (χ1n) is 21.1. The molecule has 2 aliphatic carbocycles. The Morgan fingerprint density at radius 3 is 1.49 bits per heavy atom. The smallest absolute Gasteiger partial charge is 0.313 e. The molecule has 0 amide bonds. The number of esters is 1. The highest BCUT2D eigenvalue weighted by atomic mass is 16.5. The molecule has 2 N–H and O–H groups in total. The number of benzene rings is 6. The summed E-state index contributed by atoms with van der Waals surface area (Å²) in [5, 5.41) is 8.22. The Bertz CT molecular complexity index is 3210. The number of nitrogens with zero attached hydrogens (tertiary/aromatic N) is 2. The zero-order chi connectivity index (χ0) is 44.9. The number of hydrogen-bond donors (Lipinski definition) is 2. The van der Waals surface area contributed by atoms with Gasteiger partial charge in [-0.05, 0) is 81.9 Å². The van der Waals surface area contributed by atoms with E-state index in [2.05, 4.69) is 10.6 Å². The third-order valence-corrected chi connectivity index (χ3v) is 12.2. The van der Waals surface area contributed by atoms with Gasteiger partial charge in [-0.1, -0.05) is 72.8 Å². The molecule has 2 aromatic heterocycles. The van der Waals surface area contributed by atoms with E-state index in [0.717, 1.165) is 55.5 Å². The van der Waals surface area contributed by atoms with Gasteiger partial charge in [0.1, 0.15) is 13.0 Å². The van der Waals surface area contributed by atoms with Crippen LogP contribution in [0.3, 0.4) is 0 Å². The summed E-state index contributed by atoms with van der Waals surface area (Å²) in [5.74, 6) is -1.27. The van der Waals surface area contributed by atoms with E-state index in [1.807, 2.05) is 109 Å². The van der Waals surface area contributed by atoms with Gasteiger partial charge in [0, 0.05) is 65.9 Å². The van der Waals surface area contributed by atoms with E-state index < -0.39 is 18.2 Å². The van der Waals surface area contributed by atoms with Crippen LogP contribution in [0, 0.1) is 0 Å². The van der Waals surface area contributed by atoms with E-state index in [-0.39, 0.29) is 42.5 Å². The van der Waals surface area contributed by atoms with Crippen molar-refractivity contribution in [2.24, 2.45) is 14.1 Å². The average Bonchev–Trinajstić information content (AvgIpc) is 3.31. The molecule has 0 atom stereocenters. The third-order valence-electron chi connectivity index (χ3n) is 12.2. The fourth-order valence-electron chi connectivity index (χ4n) is 8.89. The molecule has 0 radical (unpaired) electrons. The van der Waals surface area contributed by atoms with E-state index in [1.165, 1.54) is 0 Å². The molecule has 65 heavy (non-hydrogen) atoms. The minimum Gasteiger partial charge on any atom is -0.465 e. The van der Waals surface area contributed by atoms with Gasteiger partial charge in [0.15, 0.2) is 17.3 Å². The van der Waals surface area contributed by atoms with Gasteiger partial charge >= 0.3 is 5.97 Å². The van der Waals surface area contributed by atoms with Crippen LogP contribution in [0.15, 0.2) is 143 Å². The summed E-state index contributed by atoms with van der Waals surface area (Å²) >= 11 is 0. The second-order valence-corrected chi connectivity index (χ2v) is 16.2. The minimum atomic E-state index is -0.635. The van der Waals surface area contributed by atoms with Crippen molar-refractivity contribution < 1.29 is 28.7 Å². The summed E-state index contributed by atoms with van der Waals surface area (Å²) < 4.78 is 14.1. The van der Waals surface area contributed by atoms with E-state index >= 15 is 0 Å². The molecule has 0 bridgehead atoms. The monoisotopic (exact) mass is 860 g/mol. The summed E-state index contributed by atoms with van der Waals surface area (Å²) in [6.07, 6.45) is 0.0238. The van der Waals surface area contributed by atoms with Gasteiger partial charge < -0.3 is 29.2 Å². The number of aryl methyl sites for hydroxylation is 2. The number of ether oxygens (including phenoxy) is 2. The largest absolute Gasteiger partial charge is 0.465 e. The van der Waals surface area contributed by atoms with Crippen LogP contribution in [0.5, 0.6) is 0 Å². The summed E-state index contributed by atoms with van der Waals surface area (Å²) in [6, 6.07) is 40.1. The van der Waals surface area contributed by atoms with Gasteiger partial charge in [0.05, 0.1) is 46.7 Å². The van der Waals surface area contributed by atoms with Crippen molar-refractivity contribution >= 4 is 67.9 Å². The molecule has 6 aromatic carbocycles. The summed E-state index contributed by atoms with van der Waals surface area (Å²) in [4.78, 5) is 78.4. The lowest BCUT2D eigenvalue weighted by Gasteiger charge is -2.23. The standard InChI is InChI=1S/C53H40N4O8/c1-56-43-21-19-41(50-48(43)39(26-45(56)59)35-7-3-5-9-37(35)52(50)62)54-32-15-11-30(12-16-32)23-24-65-47(61)25-34(58)29-64-28-31-13-17-33(18-14-31)55-42-20-22-44-49-40(27-46(60)57(44)2)36-8-4-6-10-38(36)53(63)51(42)49/h3-22,26-27,54-55H,23-25,28-29H2,1-2H3. The molecule has 0 unspecified atom stereocenters. The number of rotatable bonds is 13. The number of aromatic nitrogens is 2. The maximum Gasteiger partial charge on any atom is 0.313 e. The first kappa shape index (κ1) is 40.8. The van der Waals surface area contributed by atoms with Gasteiger partial charge in [-0.2, -0.15) is 0 Å². The Hall–Kier alpha value is -8.22. The molecule has 8 aromatic rings. The molecule has 10 rings (SSSR count). The number of ketones is 3. The fourth-order valence-corrected chi connectivity index (χ4v) is 8.89. The van der Waals surface area contributed by atoms with Crippen LogP contribution in [0.2, 0.25) is 0 Å². The molecule has 2 aliphatic rings. The summed E-state index contributed by atoms with van der Waals surface area (Å²) in [5.41, 5.74) is 10.6. The Balaban J connectivity index is 0.705. The quantitative estimate of drug-likeness (QED) is 0.0851. The van der Waals surface area contributed by atoms with Crippen molar-refractivity contribution in [3.8, 4) is 22.3 Å². The Morgan fingerprint density at radius 2 is 1.00 bits per heavy atom. The number of hydrogen-bond acceptors (Lipinski definition) is 10. The zero-order valence-electron chi connectivity index (χ0n) is 35.4. The molecule has 320 valence electrons. The molecule has 12 heteroatoms. The molecular weight excluding hydrogens is 821 g/mol. The maximum absolute atomic E-state index is 13.8. The van der Waals surface area contributed by atoms with Crippen LogP contribution in [0.25, 0.3) is 44.1 Å². The predicted octanol–water partition coefficient (Wildman–Crippen LogP) is 8.56. The van der Waals surface area contributed by atoms with Crippen molar-refractivity contribution in [1.29, 1.82) is 0 Å². The zero-order valence-corrected chi connectivity index (χ0v) is 35.4. The van der Waals surface area contributed by atoms with Gasteiger partial charge in [-0.25, -0.2) is 0 Å². The molecule has 0 aliphatic heterocycles. The third kappa shape index (κ3) is 7.39. The Morgan fingerprint density at radius 1 is 0.538 bits per heavy atom. The molecule has 0 spiro atoms. The average molecular weight is 861 g/mol. The molecule has 0 fully saturated rings. The number of anilines is 4. The molecule has 2 heterocycles. The van der Waals surface area contributed by atoms with Crippen molar-refractivity contribution in [1.82, 2.24) is 9.13 Å². The highest BCUT2D eigenvalue weighted by Gasteiger charge is 2.30. The van der Waals surface area contributed by atoms with Crippen LogP contribution < -0.4 is 21.8 Å². The lowest BCUT2D eigenvalue weighted by molar-refractivity contribution is -0.146. The van der Waals surface area contributed by atoms with Crippen LogP contribution in [-0.2, 0) is 46.2 Å². The normalized spacial score (nSPS) is 12.2. The summed E-state index contributed by atoms with van der Waals surface area (Å²) in [7, 11) is 3.40. The lowest BCUT2D eigenvalue weighted by Crippen LogP contribution is -2.21. The van der Waals surface area contributed by atoms with Crippen molar-refractivity contribution in [2.75, 3.05) is 23.8 Å². The number of carbonyl (C=O) groups excluding carboxylic acids is 4. The van der Waals surface area contributed by atoms with Gasteiger partial charge in [-0.3, -0.25) is 28.8 Å². The molecule has 0 saturated carbocycles.